The molecule has 0 aliphatic rings. The molecule has 6 nitrogen and oxygen atoms in total. The zero-order chi connectivity index (χ0) is 19.5. The van der Waals surface area contributed by atoms with Gasteiger partial charge in [0.15, 0.2) is 5.96 Å². The third kappa shape index (κ3) is 7.19. The Hall–Kier alpha value is -2.73. The molecule has 1 amide bonds. The van der Waals surface area contributed by atoms with Crippen LogP contribution in [-0.4, -0.2) is 39.1 Å². The van der Waals surface area contributed by atoms with Gasteiger partial charge in [-0.15, -0.1) is 0 Å². The SMILES string of the molecule is CN=C(NCCc1ccccc1Cl)NCC(=O)NCc1ccc(OC)cc1. The third-order valence-electron chi connectivity index (χ3n) is 3.93. The quantitative estimate of drug-likeness (QED) is 0.479. The van der Waals surface area contributed by atoms with E-state index in [1.54, 1.807) is 14.2 Å². The number of ether oxygens (including phenoxy) is 1. The van der Waals surface area contributed by atoms with E-state index in [0.717, 1.165) is 28.3 Å². The van der Waals surface area contributed by atoms with E-state index in [1.807, 2.05) is 48.5 Å². The molecule has 0 aromatic heterocycles. The van der Waals surface area contributed by atoms with Gasteiger partial charge in [-0.05, 0) is 35.7 Å². The van der Waals surface area contributed by atoms with Crippen molar-refractivity contribution < 1.29 is 9.53 Å². The van der Waals surface area contributed by atoms with Gasteiger partial charge in [0, 0.05) is 25.2 Å². The Morgan fingerprint density at radius 2 is 1.81 bits per heavy atom. The first-order valence-corrected chi connectivity index (χ1v) is 9.07. The van der Waals surface area contributed by atoms with Crippen LogP contribution in [0.25, 0.3) is 0 Å². The van der Waals surface area contributed by atoms with Crippen LogP contribution in [0.1, 0.15) is 11.1 Å². The molecule has 7 heteroatoms. The molecule has 2 aromatic rings. The highest BCUT2D eigenvalue weighted by atomic mass is 35.5. The Balaban J connectivity index is 1.68. The van der Waals surface area contributed by atoms with Gasteiger partial charge in [-0.3, -0.25) is 9.79 Å². The van der Waals surface area contributed by atoms with E-state index in [1.165, 1.54) is 0 Å². The maximum absolute atomic E-state index is 12.0. The molecule has 0 saturated heterocycles. The van der Waals surface area contributed by atoms with Gasteiger partial charge in [-0.2, -0.15) is 0 Å². The third-order valence-corrected chi connectivity index (χ3v) is 4.30. The molecule has 0 unspecified atom stereocenters. The molecule has 0 aliphatic carbocycles. The van der Waals surface area contributed by atoms with Crippen molar-refractivity contribution >= 4 is 23.5 Å². The Labute approximate surface area is 165 Å². The molecule has 2 rings (SSSR count). The van der Waals surface area contributed by atoms with Crippen LogP contribution in [0.2, 0.25) is 5.02 Å². The smallest absolute Gasteiger partial charge is 0.239 e. The average Bonchev–Trinajstić information content (AvgIpc) is 2.70. The van der Waals surface area contributed by atoms with E-state index < -0.39 is 0 Å². The molecule has 27 heavy (non-hydrogen) atoms. The Kier molecular flexibility index (Phi) is 8.45. The van der Waals surface area contributed by atoms with Crippen molar-refractivity contribution in [2.24, 2.45) is 4.99 Å². The van der Waals surface area contributed by atoms with Crippen LogP contribution in [0.5, 0.6) is 5.75 Å². The number of rotatable bonds is 8. The van der Waals surface area contributed by atoms with E-state index >= 15 is 0 Å². The number of amides is 1. The number of carbonyl (C=O) groups excluding carboxylic acids is 1. The van der Waals surface area contributed by atoms with Crippen LogP contribution in [-0.2, 0) is 17.8 Å². The predicted molar refractivity (Wildman–Crippen MR) is 109 cm³/mol. The van der Waals surface area contributed by atoms with E-state index in [0.29, 0.717) is 19.0 Å². The number of halogens is 1. The van der Waals surface area contributed by atoms with Crippen LogP contribution in [0.3, 0.4) is 0 Å². The number of guanidine groups is 1. The first-order valence-electron chi connectivity index (χ1n) is 8.70. The summed E-state index contributed by atoms with van der Waals surface area (Å²) in [5, 5.41) is 9.78. The number of hydrogen-bond donors (Lipinski definition) is 3. The topological polar surface area (TPSA) is 74.8 Å². The second kappa shape index (κ2) is 11.1. The lowest BCUT2D eigenvalue weighted by Crippen LogP contribution is -2.43. The van der Waals surface area contributed by atoms with Crippen molar-refractivity contribution in [1.29, 1.82) is 0 Å². The fourth-order valence-electron chi connectivity index (χ4n) is 2.41. The van der Waals surface area contributed by atoms with Crippen LogP contribution in [0.4, 0.5) is 0 Å². The highest BCUT2D eigenvalue weighted by Crippen LogP contribution is 2.14. The lowest BCUT2D eigenvalue weighted by atomic mass is 10.1. The molecule has 0 fully saturated rings. The molecule has 0 spiro atoms. The molecule has 144 valence electrons. The molecule has 0 aliphatic heterocycles. The molecule has 0 heterocycles. The van der Waals surface area contributed by atoms with Crippen LogP contribution in [0.15, 0.2) is 53.5 Å². The maximum atomic E-state index is 12.0. The molecular weight excluding hydrogens is 364 g/mol. The molecule has 2 aromatic carbocycles. The Bertz CT molecular complexity index is 763. The van der Waals surface area contributed by atoms with Crippen molar-refractivity contribution in [1.82, 2.24) is 16.0 Å². The van der Waals surface area contributed by atoms with Gasteiger partial charge >= 0.3 is 0 Å². The standard InChI is InChI=1S/C20H25ClN4O2/c1-22-20(23-12-11-16-5-3-4-6-18(16)21)25-14-19(26)24-13-15-7-9-17(27-2)10-8-15/h3-10H,11-14H2,1-2H3,(H,24,26)(H2,22,23,25). The van der Waals surface area contributed by atoms with Gasteiger partial charge in [0.05, 0.1) is 13.7 Å². The monoisotopic (exact) mass is 388 g/mol. The average molecular weight is 389 g/mol. The van der Waals surface area contributed by atoms with Gasteiger partial charge in [0.25, 0.3) is 0 Å². The summed E-state index contributed by atoms with van der Waals surface area (Å²) in [7, 11) is 3.29. The minimum atomic E-state index is -0.111. The van der Waals surface area contributed by atoms with E-state index in [2.05, 4.69) is 20.9 Å². The Morgan fingerprint density at radius 3 is 2.48 bits per heavy atom. The fourth-order valence-corrected chi connectivity index (χ4v) is 2.64. The maximum Gasteiger partial charge on any atom is 0.239 e. The number of carbonyl (C=O) groups is 1. The summed E-state index contributed by atoms with van der Waals surface area (Å²) < 4.78 is 5.11. The van der Waals surface area contributed by atoms with Crippen molar-refractivity contribution in [3.63, 3.8) is 0 Å². The highest BCUT2D eigenvalue weighted by molar-refractivity contribution is 6.31. The van der Waals surface area contributed by atoms with Gasteiger partial charge in [-0.25, -0.2) is 0 Å². The molecule has 0 radical (unpaired) electrons. The van der Waals surface area contributed by atoms with E-state index in [9.17, 15) is 4.79 Å². The van der Waals surface area contributed by atoms with Crippen molar-refractivity contribution in [3.05, 3.63) is 64.7 Å². The molecule has 0 bridgehead atoms. The summed E-state index contributed by atoms with van der Waals surface area (Å²) in [5.74, 6) is 1.25. The number of benzene rings is 2. The summed E-state index contributed by atoms with van der Waals surface area (Å²) in [5.41, 5.74) is 2.07. The van der Waals surface area contributed by atoms with Gasteiger partial charge in [-0.1, -0.05) is 41.9 Å². The van der Waals surface area contributed by atoms with Crippen molar-refractivity contribution in [2.45, 2.75) is 13.0 Å². The highest BCUT2D eigenvalue weighted by Gasteiger charge is 2.05. The molecule has 0 saturated carbocycles. The summed E-state index contributed by atoms with van der Waals surface area (Å²) in [4.78, 5) is 16.1. The predicted octanol–water partition coefficient (Wildman–Crippen LogP) is 2.37. The number of nitrogens with zero attached hydrogens (tertiary/aromatic N) is 1. The van der Waals surface area contributed by atoms with Crippen LogP contribution in [0, 0.1) is 0 Å². The van der Waals surface area contributed by atoms with Crippen molar-refractivity contribution in [3.8, 4) is 5.75 Å². The first kappa shape index (κ1) is 20.6. The number of nitrogens with one attached hydrogen (secondary N) is 3. The zero-order valence-electron chi connectivity index (χ0n) is 15.6. The molecular formula is C20H25ClN4O2. The number of methoxy groups -OCH3 is 1. The second-order valence-electron chi connectivity index (χ2n) is 5.82. The van der Waals surface area contributed by atoms with Crippen LogP contribution < -0.4 is 20.7 Å². The second-order valence-corrected chi connectivity index (χ2v) is 6.23. The minimum Gasteiger partial charge on any atom is -0.497 e. The first-order chi connectivity index (χ1) is 13.1. The lowest BCUT2D eigenvalue weighted by molar-refractivity contribution is -0.120. The van der Waals surface area contributed by atoms with Crippen LogP contribution >= 0.6 is 11.6 Å². The zero-order valence-corrected chi connectivity index (χ0v) is 16.3. The lowest BCUT2D eigenvalue weighted by Gasteiger charge is -2.12. The summed E-state index contributed by atoms with van der Waals surface area (Å²) >= 11 is 6.14. The minimum absolute atomic E-state index is 0.111. The summed E-state index contributed by atoms with van der Waals surface area (Å²) in [6.07, 6.45) is 0.768. The largest absolute Gasteiger partial charge is 0.497 e. The fraction of sp³-hybridized carbons (Fsp3) is 0.300. The van der Waals surface area contributed by atoms with Gasteiger partial charge in [0.2, 0.25) is 5.91 Å². The summed E-state index contributed by atoms with van der Waals surface area (Å²) in [6.45, 7) is 1.27. The molecule has 3 N–H and O–H groups in total. The summed E-state index contributed by atoms with van der Waals surface area (Å²) in [6, 6.07) is 15.3. The number of aliphatic imine (C=N–C) groups is 1. The Morgan fingerprint density at radius 1 is 1.07 bits per heavy atom. The van der Waals surface area contributed by atoms with E-state index in [4.69, 9.17) is 16.3 Å². The number of hydrogen-bond acceptors (Lipinski definition) is 3. The van der Waals surface area contributed by atoms with Gasteiger partial charge < -0.3 is 20.7 Å². The van der Waals surface area contributed by atoms with Crippen molar-refractivity contribution in [2.75, 3.05) is 27.2 Å². The van der Waals surface area contributed by atoms with E-state index in [-0.39, 0.29) is 12.5 Å². The van der Waals surface area contributed by atoms with Gasteiger partial charge in [0.1, 0.15) is 5.75 Å². The normalized spacial score (nSPS) is 11.0. The molecule has 0 atom stereocenters.